The first kappa shape index (κ1) is 14.8. The minimum absolute atomic E-state index is 0.126. The minimum atomic E-state index is -0.126. The molecule has 5 nitrogen and oxygen atoms in total. The van der Waals surface area contributed by atoms with E-state index in [2.05, 4.69) is 27.3 Å². The van der Waals surface area contributed by atoms with E-state index in [0.29, 0.717) is 12.2 Å². The molecule has 1 aliphatic heterocycles. The summed E-state index contributed by atoms with van der Waals surface area (Å²) in [7, 11) is 0. The zero-order valence-electron chi connectivity index (χ0n) is 12.3. The van der Waals surface area contributed by atoms with Gasteiger partial charge in [-0.3, -0.25) is 4.79 Å². The van der Waals surface area contributed by atoms with Crippen molar-refractivity contribution in [3.8, 4) is 0 Å². The zero-order chi connectivity index (χ0) is 14.2. The molecule has 1 N–H and O–H groups in total. The van der Waals surface area contributed by atoms with Crippen LogP contribution in [-0.4, -0.2) is 35.7 Å². The SMILES string of the molecule is CCCCCNC(=O)c1ccc(N2CCCCC2)nn1. The van der Waals surface area contributed by atoms with E-state index >= 15 is 0 Å². The molecule has 0 bridgehead atoms. The lowest BCUT2D eigenvalue weighted by molar-refractivity contribution is 0.0947. The highest BCUT2D eigenvalue weighted by Gasteiger charge is 2.13. The van der Waals surface area contributed by atoms with Crippen molar-refractivity contribution < 1.29 is 4.79 Å². The first-order valence-corrected chi connectivity index (χ1v) is 7.68. The Morgan fingerprint density at radius 3 is 2.65 bits per heavy atom. The van der Waals surface area contributed by atoms with Gasteiger partial charge in [-0.25, -0.2) is 0 Å². The lowest BCUT2D eigenvalue weighted by atomic mass is 10.1. The molecule has 1 saturated heterocycles. The Labute approximate surface area is 120 Å². The maximum absolute atomic E-state index is 11.9. The van der Waals surface area contributed by atoms with Crippen LogP contribution in [0.4, 0.5) is 5.82 Å². The van der Waals surface area contributed by atoms with Crippen molar-refractivity contribution in [1.29, 1.82) is 0 Å². The highest BCUT2D eigenvalue weighted by Crippen LogP contribution is 2.16. The Bertz CT molecular complexity index is 412. The Balaban J connectivity index is 1.85. The summed E-state index contributed by atoms with van der Waals surface area (Å²) in [6.07, 6.45) is 7.02. The molecule has 0 radical (unpaired) electrons. The molecule has 5 heteroatoms. The van der Waals surface area contributed by atoms with E-state index in [1.165, 1.54) is 19.3 Å². The summed E-state index contributed by atoms with van der Waals surface area (Å²) in [5.41, 5.74) is 0.405. The van der Waals surface area contributed by atoms with Crippen molar-refractivity contribution in [2.45, 2.75) is 45.4 Å². The summed E-state index contributed by atoms with van der Waals surface area (Å²) in [6, 6.07) is 3.67. The van der Waals surface area contributed by atoms with Gasteiger partial charge in [-0.2, -0.15) is 0 Å². The van der Waals surface area contributed by atoms with Gasteiger partial charge in [-0.05, 0) is 37.8 Å². The molecule has 20 heavy (non-hydrogen) atoms. The fourth-order valence-electron chi connectivity index (χ4n) is 2.41. The third-order valence-electron chi connectivity index (χ3n) is 3.63. The number of nitrogens with one attached hydrogen (secondary N) is 1. The highest BCUT2D eigenvalue weighted by atomic mass is 16.1. The van der Waals surface area contributed by atoms with Crippen molar-refractivity contribution in [2.75, 3.05) is 24.5 Å². The minimum Gasteiger partial charge on any atom is -0.355 e. The summed E-state index contributed by atoms with van der Waals surface area (Å²) in [5.74, 6) is 0.756. The number of rotatable bonds is 6. The average Bonchev–Trinajstić information content (AvgIpc) is 2.52. The van der Waals surface area contributed by atoms with Gasteiger partial charge in [-0.1, -0.05) is 19.8 Å². The molecular formula is C15H24N4O. The number of hydrogen-bond acceptors (Lipinski definition) is 4. The van der Waals surface area contributed by atoms with E-state index in [4.69, 9.17) is 0 Å². The zero-order valence-corrected chi connectivity index (χ0v) is 12.3. The Morgan fingerprint density at radius 1 is 1.20 bits per heavy atom. The monoisotopic (exact) mass is 276 g/mol. The summed E-state index contributed by atoms with van der Waals surface area (Å²) in [5, 5.41) is 11.1. The summed E-state index contributed by atoms with van der Waals surface area (Å²) in [6.45, 7) is 4.93. The molecule has 0 spiro atoms. The molecular weight excluding hydrogens is 252 g/mol. The van der Waals surface area contributed by atoms with Gasteiger partial charge in [0, 0.05) is 19.6 Å². The van der Waals surface area contributed by atoms with Crippen LogP contribution in [0, 0.1) is 0 Å². The number of aromatic nitrogens is 2. The summed E-state index contributed by atoms with van der Waals surface area (Å²) in [4.78, 5) is 14.1. The number of nitrogens with zero attached hydrogens (tertiary/aromatic N) is 3. The van der Waals surface area contributed by atoms with Gasteiger partial charge in [-0.15, -0.1) is 10.2 Å². The van der Waals surface area contributed by atoms with Gasteiger partial charge in [0.1, 0.15) is 0 Å². The van der Waals surface area contributed by atoms with Gasteiger partial charge >= 0.3 is 0 Å². The quantitative estimate of drug-likeness (QED) is 0.811. The van der Waals surface area contributed by atoms with Crippen LogP contribution in [0.5, 0.6) is 0 Å². The van der Waals surface area contributed by atoms with E-state index in [9.17, 15) is 4.79 Å². The largest absolute Gasteiger partial charge is 0.355 e. The second-order valence-electron chi connectivity index (χ2n) is 5.29. The normalized spacial score (nSPS) is 15.2. The van der Waals surface area contributed by atoms with Crippen LogP contribution in [0.3, 0.4) is 0 Å². The molecule has 1 fully saturated rings. The van der Waals surface area contributed by atoms with E-state index in [0.717, 1.165) is 38.2 Å². The fourth-order valence-corrected chi connectivity index (χ4v) is 2.41. The molecule has 0 aromatic carbocycles. The van der Waals surface area contributed by atoms with Crippen LogP contribution >= 0.6 is 0 Å². The topological polar surface area (TPSA) is 58.1 Å². The number of carbonyl (C=O) groups is 1. The van der Waals surface area contributed by atoms with E-state index in [1.807, 2.05) is 6.07 Å². The van der Waals surface area contributed by atoms with E-state index < -0.39 is 0 Å². The van der Waals surface area contributed by atoms with Crippen LogP contribution < -0.4 is 10.2 Å². The van der Waals surface area contributed by atoms with Gasteiger partial charge in [0.15, 0.2) is 11.5 Å². The number of amides is 1. The van der Waals surface area contributed by atoms with Crippen molar-refractivity contribution in [1.82, 2.24) is 15.5 Å². The molecule has 0 unspecified atom stereocenters. The predicted octanol–water partition coefficient (Wildman–Crippen LogP) is 2.39. The maximum atomic E-state index is 11.9. The lowest BCUT2D eigenvalue weighted by Gasteiger charge is -2.27. The number of piperidine rings is 1. The van der Waals surface area contributed by atoms with Crippen LogP contribution in [-0.2, 0) is 0 Å². The van der Waals surface area contributed by atoms with Crippen LogP contribution in [0.2, 0.25) is 0 Å². The Morgan fingerprint density at radius 2 is 2.00 bits per heavy atom. The first-order valence-electron chi connectivity index (χ1n) is 7.68. The summed E-state index contributed by atoms with van der Waals surface area (Å²) < 4.78 is 0. The second-order valence-corrected chi connectivity index (χ2v) is 5.29. The maximum Gasteiger partial charge on any atom is 0.271 e. The third-order valence-corrected chi connectivity index (χ3v) is 3.63. The van der Waals surface area contributed by atoms with Crippen LogP contribution in [0.1, 0.15) is 55.9 Å². The highest BCUT2D eigenvalue weighted by molar-refractivity contribution is 5.92. The van der Waals surface area contributed by atoms with Crippen molar-refractivity contribution in [2.24, 2.45) is 0 Å². The molecule has 1 aliphatic rings. The average molecular weight is 276 g/mol. The van der Waals surface area contributed by atoms with Gasteiger partial charge in [0.05, 0.1) is 0 Å². The second kappa shape index (κ2) is 7.82. The molecule has 110 valence electrons. The van der Waals surface area contributed by atoms with E-state index in [-0.39, 0.29) is 5.91 Å². The van der Waals surface area contributed by atoms with Gasteiger partial charge in [0.2, 0.25) is 0 Å². The third kappa shape index (κ3) is 4.18. The van der Waals surface area contributed by atoms with Gasteiger partial charge in [0.25, 0.3) is 5.91 Å². The number of carbonyl (C=O) groups excluding carboxylic acids is 1. The predicted molar refractivity (Wildman–Crippen MR) is 80.0 cm³/mol. The smallest absolute Gasteiger partial charge is 0.271 e. The number of hydrogen-bond donors (Lipinski definition) is 1. The summed E-state index contributed by atoms with van der Waals surface area (Å²) >= 11 is 0. The standard InChI is InChI=1S/C15H24N4O/c1-2-3-5-10-16-15(20)13-8-9-14(18-17-13)19-11-6-4-7-12-19/h8-9H,2-7,10-12H2,1H3,(H,16,20). The first-order chi connectivity index (χ1) is 9.81. The number of anilines is 1. The van der Waals surface area contributed by atoms with Crippen LogP contribution in [0.15, 0.2) is 12.1 Å². The number of unbranched alkanes of at least 4 members (excludes halogenated alkanes) is 2. The van der Waals surface area contributed by atoms with Crippen molar-refractivity contribution in [3.63, 3.8) is 0 Å². The molecule has 0 saturated carbocycles. The molecule has 1 aromatic heterocycles. The molecule has 0 aliphatic carbocycles. The Hall–Kier alpha value is -1.65. The molecule has 1 amide bonds. The van der Waals surface area contributed by atoms with Crippen LogP contribution in [0.25, 0.3) is 0 Å². The van der Waals surface area contributed by atoms with Gasteiger partial charge < -0.3 is 10.2 Å². The molecule has 0 atom stereocenters. The van der Waals surface area contributed by atoms with Crippen molar-refractivity contribution >= 4 is 11.7 Å². The lowest BCUT2D eigenvalue weighted by Crippen LogP contribution is -2.31. The molecule has 2 heterocycles. The van der Waals surface area contributed by atoms with Crippen molar-refractivity contribution in [3.05, 3.63) is 17.8 Å². The molecule has 2 rings (SSSR count). The fraction of sp³-hybridized carbons (Fsp3) is 0.667. The molecule has 1 aromatic rings. The van der Waals surface area contributed by atoms with E-state index in [1.54, 1.807) is 6.07 Å². The Kier molecular flexibility index (Phi) is 5.77.